The Morgan fingerprint density at radius 3 is 2.69 bits per heavy atom. The highest BCUT2D eigenvalue weighted by Crippen LogP contribution is 2.32. The maximum absolute atomic E-state index is 12.3. The monoisotopic (exact) mass is 409 g/mol. The lowest BCUT2D eigenvalue weighted by Crippen LogP contribution is -2.29. The number of hydrogen-bond acceptors (Lipinski definition) is 4. The van der Waals surface area contributed by atoms with Gasteiger partial charge in [0, 0.05) is 12.1 Å². The maximum Gasteiger partial charge on any atom is 0.283 e. The van der Waals surface area contributed by atoms with Gasteiger partial charge in [-0.25, -0.2) is 4.99 Å². The summed E-state index contributed by atoms with van der Waals surface area (Å²) in [5.74, 6) is -0.281. The van der Waals surface area contributed by atoms with Crippen LogP contribution in [0.3, 0.4) is 0 Å². The standard InChI is InChI=1S/C23H27N3O2S/c1-3-26(4-2)15-7-14-24-22(27)18-12-10-17(11-13-18)16-21-23(28)25-19-8-5-6-9-20(19)29-21/h5-6,8-13,16,20H,3-4,7,14-15H2,1-2H3,(H,24,27)/b21-16+. The number of hydrogen-bond donors (Lipinski definition) is 1. The Balaban J connectivity index is 1.56. The topological polar surface area (TPSA) is 61.8 Å². The lowest BCUT2D eigenvalue weighted by atomic mass is 10.1. The van der Waals surface area contributed by atoms with E-state index >= 15 is 0 Å². The highest BCUT2D eigenvalue weighted by atomic mass is 32.2. The molecule has 152 valence electrons. The van der Waals surface area contributed by atoms with Crippen molar-refractivity contribution in [2.45, 2.75) is 25.5 Å². The van der Waals surface area contributed by atoms with E-state index in [0.29, 0.717) is 17.0 Å². The number of carbonyl (C=O) groups is 2. The molecule has 3 rings (SSSR count). The molecule has 1 N–H and O–H groups in total. The Kier molecular flexibility index (Phi) is 7.61. The first-order valence-electron chi connectivity index (χ1n) is 10.1. The van der Waals surface area contributed by atoms with Crippen molar-refractivity contribution in [3.8, 4) is 0 Å². The molecule has 2 amide bonds. The van der Waals surface area contributed by atoms with Gasteiger partial charge in [-0.05, 0) is 55.9 Å². The SMILES string of the molecule is CCN(CC)CCCNC(=O)c1ccc(/C=C2/SC3C=CC=CC3=NC2=O)cc1. The molecular weight excluding hydrogens is 382 g/mol. The summed E-state index contributed by atoms with van der Waals surface area (Å²) in [4.78, 5) is 31.7. The first kappa shape index (κ1) is 21.3. The molecule has 2 aliphatic rings. The summed E-state index contributed by atoms with van der Waals surface area (Å²) in [6.07, 6.45) is 10.6. The number of allylic oxidation sites excluding steroid dienone is 3. The molecule has 0 radical (unpaired) electrons. The van der Waals surface area contributed by atoms with Crippen LogP contribution >= 0.6 is 11.8 Å². The first-order valence-corrected chi connectivity index (χ1v) is 11.0. The van der Waals surface area contributed by atoms with Crippen LogP contribution in [0.25, 0.3) is 6.08 Å². The van der Waals surface area contributed by atoms with Crippen molar-refractivity contribution in [2.75, 3.05) is 26.2 Å². The van der Waals surface area contributed by atoms with E-state index in [1.165, 1.54) is 11.8 Å². The van der Waals surface area contributed by atoms with Gasteiger partial charge in [0.1, 0.15) is 0 Å². The summed E-state index contributed by atoms with van der Waals surface area (Å²) in [6, 6.07) is 7.31. The summed E-state index contributed by atoms with van der Waals surface area (Å²) in [7, 11) is 0. The van der Waals surface area contributed by atoms with Crippen LogP contribution in [0.15, 0.2) is 58.5 Å². The van der Waals surface area contributed by atoms with Crippen LogP contribution in [0.5, 0.6) is 0 Å². The molecule has 1 unspecified atom stereocenters. The molecule has 1 atom stereocenters. The number of fused-ring (bicyclic) bond motifs is 1. The molecule has 0 fully saturated rings. The second-order valence-electron chi connectivity index (χ2n) is 6.89. The van der Waals surface area contributed by atoms with Crippen LogP contribution in [-0.2, 0) is 4.79 Å². The first-order chi connectivity index (χ1) is 14.1. The number of amides is 2. The fourth-order valence-electron chi connectivity index (χ4n) is 3.20. The number of carbonyl (C=O) groups excluding carboxylic acids is 2. The van der Waals surface area contributed by atoms with E-state index < -0.39 is 0 Å². The number of nitrogens with one attached hydrogen (secondary N) is 1. The van der Waals surface area contributed by atoms with Crippen molar-refractivity contribution in [2.24, 2.45) is 4.99 Å². The molecule has 1 heterocycles. The zero-order chi connectivity index (χ0) is 20.6. The minimum Gasteiger partial charge on any atom is -0.352 e. The van der Waals surface area contributed by atoms with Crippen LogP contribution in [0.1, 0.15) is 36.2 Å². The summed E-state index contributed by atoms with van der Waals surface area (Å²) < 4.78 is 0. The molecule has 1 aromatic carbocycles. The molecule has 29 heavy (non-hydrogen) atoms. The van der Waals surface area contributed by atoms with Crippen molar-refractivity contribution in [3.05, 3.63) is 64.6 Å². The summed E-state index contributed by atoms with van der Waals surface area (Å²) in [5, 5.41) is 3.06. The average molecular weight is 410 g/mol. The summed E-state index contributed by atoms with van der Waals surface area (Å²) in [5.41, 5.74) is 2.30. The van der Waals surface area contributed by atoms with Crippen molar-refractivity contribution in [1.29, 1.82) is 0 Å². The quantitative estimate of drug-likeness (QED) is 0.525. The second kappa shape index (κ2) is 10.4. The number of aliphatic imine (C=N–C) groups is 1. The highest BCUT2D eigenvalue weighted by Gasteiger charge is 2.25. The van der Waals surface area contributed by atoms with Gasteiger partial charge >= 0.3 is 0 Å². The van der Waals surface area contributed by atoms with E-state index in [0.717, 1.165) is 37.3 Å². The largest absolute Gasteiger partial charge is 0.352 e. The maximum atomic E-state index is 12.3. The van der Waals surface area contributed by atoms with Gasteiger partial charge in [-0.3, -0.25) is 9.59 Å². The molecule has 0 bridgehead atoms. The fourth-order valence-corrected chi connectivity index (χ4v) is 4.24. The van der Waals surface area contributed by atoms with Crippen LogP contribution < -0.4 is 5.32 Å². The second-order valence-corrected chi connectivity index (χ2v) is 8.07. The third kappa shape index (κ3) is 5.78. The molecule has 0 saturated heterocycles. The van der Waals surface area contributed by atoms with E-state index in [1.54, 1.807) is 12.1 Å². The lowest BCUT2D eigenvalue weighted by Gasteiger charge is -2.20. The van der Waals surface area contributed by atoms with E-state index in [2.05, 4.69) is 29.1 Å². The van der Waals surface area contributed by atoms with Crippen LogP contribution in [0, 0.1) is 0 Å². The Bertz CT molecular complexity index is 865. The minimum atomic E-state index is -0.212. The van der Waals surface area contributed by atoms with Crippen LogP contribution in [0.2, 0.25) is 0 Å². The zero-order valence-corrected chi connectivity index (χ0v) is 17.7. The molecule has 0 spiro atoms. The normalized spacial score (nSPS) is 19.4. The van der Waals surface area contributed by atoms with Gasteiger partial charge in [-0.2, -0.15) is 0 Å². The Morgan fingerprint density at radius 1 is 1.21 bits per heavy atom. The van der Waals surface area contributed by atoms with Gasteiger partial charge in [0.25, 0.3) is 11.8 Å². The van der Waals surface area contributed by atoms with Crippen molar-refractivity contribution >= 4 is 35.4 Å². The third-order valence-electron chi connectivity index (χ3n) is 4.95. The van der Waals surface area contributed by atoms with E-state index in [-0.39, 0.29) is 17.1 Å². The van der Waals surface area contributed by atoms with Crippen LogP contribution in [-0.4, -0.2) is 53.9 Å². The Labute approximate surface area is 176 Å². The number of nitrogens with zero attached hydrogens (tertiary/aromatic N) is 2. The number of benzene rings is 1. The number of rotatable bonds is 8. The molecule has 1 aliphatic carbocycles. The molecule has 5 nitrogen and oxygen atoms in total. The van der Waals surface area contributed by atoms with Gasteiger partial charge in [0.15, 0.2) is 0 Å². The van der Waals surface area contributed by atoms with Crippen LogP contribution in [0.4, 0.5) is 0 Å². The van der Waals surface area contributed by atoms with Gasteiger partial charge in [0.2, 0.25) is 0 Å². The Hall–Kier alpha value is -2.44. The summed E-state index contributed by atoms with van der Waals surface area (Å²) >= 11 is 1.51. The third-order valence-corrected chi connectivity index (χ3v) is 6.15. The molecular formula is C23H27N3O2S. The molecule has 0 aromatic heterocycles. The number of thioether (sulfide) groups is 1. The minimum absolute atomic E-state index is 0.0692. The molecule has 0 saturated carbocycles. The fraction of sp³-hybridized carbons (Fsp3) is 0.348. The van der Waals surface area contributed by atoms with Gasteiger partial charge in [-0.15, -0.1) is 11.8 Å². The predicted octanol–water partition coefficient (Wildman–Crippen LogP) is 3.70. The molecule has 1 aromatic rings. The zero-order valence-electron chi connectivity index (χ0n) is 16.9. The predicted molar refractivity (Wildman–Crippen MR) is 121 cm³/mol. The van der Waals surface area contributed by atoms with E-state index in [9.17, 15) is 9.59 Å². The van der Waals surface area contributed by atoms with E-state index in [1.807, 2.05) is 42.5 Å². The molecule has 6 heteroatoms. The van der Waals surface area contributed by atoms with Crippen molar-refractivity contribution in [3.63, 3.8) is 0 Å². The van der Waals surface area contributed by atoms with Crippen molar-refractivity contribution < 1.29 is 9.59 Å². The smallest absolute Gasteiger partial charge is 0.283 e. The summed E-state index contributed by atoms with van der Waals surface area (Å²) in [6.45, 7) is 8.00. The Morgan fingerprint density at radius 2 is 1.97 bits per heavy atom. The lowest BCUT2D eigenvalue weighted by molar-refractivity contribution is -0.113. The van der Waals surface area contributed by atoms with Gasteiger partial charge < -0.3 is 10.2 Å². The van der Waals surface area contributed by atoms with Gasteiger partial charge in [0.05, 0.1) is 15.9 Å². The van der Waals surface area contributed by atoms with Gasteiger partial charge in [-0.1, -0.05) is 44.2 Å². The average Bonchev–Trinajstić information content (AvgIpc) is 2.75. The highest BCUT2D eigenvalue weighted by molar-refractivity contribution is 8.05. The molecule has 1 aliphatic heterocycles. The van der Waals surface area contributed by atoms with Crippen molar-refractivity contribution in [1.82, 2.24) is 10.2 Å². The van der Waals surface area contributed by atoms with E-state index in [4.69, 9.17) is 0 Å².